The Morgan fingerprint density at radius 2 is 2.05 bits per heavy atom. The summed E-state index contributed by atoms with van der Waals surface area (Å²) in [4.78, 5) is 34.6. The molecule has 1 heterocycles. The number of rotatable bonds is 3. The van der Waals surface area contributed by atoms with Crippen molar-refractivity contribution in [3.05, 3.63) is 29.8 Å². The number of urea groups is 1. The molecule has 1 aromatic carbocycles. The summed E-state index contributed by atoms with van der Waals surface area (Å²) in [5.41, 5.74) is 1.30. The average molecular weight is 273 g/mol. The molecule has 104 valence electrons. The average Bonchev–Trinajstić information content (AvgIpc) is 2.66. The molecule has 3 rings (SSSR count). The van der Waals surface area contributed by atoms with Crippen LogP contribution in [-0.2, 0) is 9.59 Å². The molecule has 6 nitrogen and oxygen atoms in total. The standard InChI is InChI=1S/C14H15N3O3/c18-12(8-3-1-4-8)15-10-6-2-5-9(7-10)11-13(19)17-14(20)16-11/h2,5-8,11H,1,3-4H2,(H,15,18)(H2,16,17,19,20). The number of imide groups is 1. The molecule has 2 fully saturated rings. The molecule has 0 radical (unpaired) electrons. The maximum absolute atomic E-state index is 11.9. The Hall–Kier alpha value is -2.37. The number of nitrogens with one attached hydrogen (secondary N) is 3. The Balaban J connectivity index is 1.74. The fourth-order valence-electron chi connectivity index (χ4n) is 2.36. The van der Waals surface area contributed by atoms with Gasteiger partial charge in [-0.25, -0.2) is 4.79 Å². The van der Waals surface area contributed by atoms with Crippen LogP contribution in [0.5, 0.6) is 0 Å². The van der Waals surface area contributed by atoms with Gasteiger partial charge in [-0.1, -0.05) is 18.6 Å². The highest BCUT2D eigenvalue weighted by atomic mass is 16.2. The van der Waals surface area contributed by atoms with Crippen LogP contribution >= 0.6 is 0 Å². The second kappa shape index (κ2) is 4.96. The monoisotopic (exact) mass is 273 g/mol. The summed E-state index contributed by atoms with van der Waals surface area (Å²) in [7, 11) is 0. The lowest BCUT2D eigenvalue weighted by atomic mass is 9.85. The first-order valence-electron chi connectivity index (χ1n) is 6.65. The SMILES string of the molecule is O=C1NC(=O)C(c2cccc(NC(=O)C3CCC3)c2)N1. The van der Waals surface area contributed by atoms with Crippen molar-refractivity contribution in [1.82, 2.24) is 10.6 Å². The fraction of sp³-hybridized carbons (Fsp3) is 0.357. The smallest absolute Gasteiger partial charge is 0.322 e. The minimum absolute atomic E-state index is 0.0216. The number of carbonyl (C=O) groups is 3. The van der Waals surface area contributed by atoms with Crippen LogP contribution in [0.2, 0.25) is 0 Å². The molecule has 2 aliphatic rings. The largest absolute Gasteiger partial charge is 0.326 e. The summed E-state index contributed by atoms with van der Waals surface area (Å²) in [6.45, 7) is 0. The van der Waals surface area contributed by atoms with E-state index in [9.17, 15) is 14.4 Å². The second-order valence-electron chi connectivity index (χ2n) is 5.14. The highest BCUT2D eigenvalue weighted by Crippen LogP contribution is 2.28. The van der Waals surface area contributed by atoms with E-state index in [1.54, 1.807) is 24.3 Å². The Morgan fingerprint density at radius 3 is 2.65 bits per heavy atom. The van der Waals surface area contributed by atoms with E-state index in [4.69, 9.17) is 0 Å². The quantitative estimate of drug-likeness (QED) is 0.725. The molecular weight excluding hydrogens is 258 g/mol. The lowest BCUT2D eigenvalue weighted by Crippen LogP contribution is -2.28. The van der Waals surface area contributed by atoms with E-state index < -0.39 is 12.1 Å². The Labute approximate surface area is 115 Å². The van der Waals surface area contributed by atoms with Crippen molar-refractivity contribution in [2.75, 3.05) is 5.32 Å². The molecule has 0 bridgehead atoms. The van der Waals surface area contributed by atoms with Crippen LogP contribution in [0.4, 0.5) is 10.5 Å². The molecule has 1 saturated carbocycles. The van der Waals surface area contributed by atoms with E-state index in [-0.39, 0.29) is 17.7 Å². The molecule has 6 heteroatoms. The number of amides is 4. The maximum Gasteiger partial charge on any atom is 0.322 e. The summed E-state index contributed by atoms with van der Waals surface area (Å²) in [5, 5.41) is 7.57. The summed E-state index contributed by atoms with van der Waals surface area (Å²) >= 11 is 0. The van der Waals surface area contributed by atoms with E-state index in [1.807, 2.05) is 0 Å². The van der Waals surface area contributed by atoms with Gasteiger partial charge in [0.1, 0.15) is 6.04 Å². The summed E-state index contributed by atoms with van der Waals surface area (Å²) in [5.74, 6) is -0.251. The van der Waals surface area contributed by atoms with Crippen LogP contribution in [0, 0.1) is 5.92 Å². The normalized spacial score (nSPS) is 21.9. The summed E-state index contributed by atoms with van der Waals surface area (Å²) < 4.78 is 0. The van der Waals surface area contributed by atoms with Gasteiger partial charge in [-0.05, 0) is 30.5 Å². The topological polar surface area (TPSA) is 87.3 Å². The number of benzene rings is 1. The molecule has 3 N–H and O–H groups in total. The van der Waals surface area contributed by atoms with E-state index in [0.717, 1.165) is 19.3 Å². The Morgan fingerprint density at radius 1 is 1.25 bits per heavy atom. The molecule has 1 aliphatic heterocycles. The number of hydrogen-bond acceptors (Lipinski definition) is 3. The lowest BCUT2D eigenvalue weighted by molar-refractivity contribution is -0.122. The Kier molecular flexibility index (Phi) is 3.14. The Bertz CT molecular complexity index is 581. The number of anilines is 1. The van der Waals surface area contributed by atoms with Crippen LogP contribution in [0.25, 0.3) is 0 Å². The molecule has 0 aromatic heterocycles. The minimum Gasteiger partial charge on any atom is -0.326 e. The first-order chi connectivity index (χ1) is 9.63. The van der Waals surface area contributed by atoms with Crippen LogP contribution in [-0.4, -0.2) is 17.8 Å². The van der Waals surface area contributed by atoms with Gasteiger partial charge in [-0.3, -0.25) is 14.9 Å². The third-order valence-corrected chi connectivity index (χ3v) is 3.74. The van der Waals surface area contributed by atoms with Gasteiger partial charge in [0.25, 0.3) is 5.91 Å². The van der Waals surface area contributed by atoms with E-state index in [0.29, 0.717) is 11.3 Å². The van der Waals surface area contributed by atoms with Crippen molar-refractivity contribution < 1.29 is 14.4 Å². The molecule has 1 aliphatic carbocycles. The molecule has 0 spiro atoms. The van der Waals surface area contributed by atoms with Crippen molar-refractivity contribution >= 4 is 23.5 Å². The van der Waals surface area contributed by atoms with Crippen molar-refractivity contribution in [1.29, 1.82) is 0 Å². The van der Waals surface area contributed by atoms with Gasteiger partial charge >= 0.3 is 6.03 Å². The van der Waals surface area contributed by atoms with Crippen molar-refractivity contribution in [2.24, 2.45) is 5.92 Å². The van der Waals surface area contributed by atoms with E-state index >= 15 is 0 Å². The first-order valence-corrected chi connectivity index (χ1v) is 6.65. The summed E-state index contributed by atoms with van der Waals surface area (Å²) in [6.07, 6.45) is 2.98. The number of carbonyl (C=O) groups excluding carboxylic acids is 3. The van der Waals surface area contributed by atoms with Gasteiger partial charge in [-0.2, -0.15) is 0 Å². The van der Waals surface area contributed by atoms with Crippen molar-refractivity contribution in [2.45, 2.75) is 25.3 Å². The van der Waals surface area contributed by atoms with Gasteiger partial charge in [0, 0.05) is 11.6 Å². The zero-order valence-electron chi connectivity index (χ0n) is 10.8. The molecule has 1 atom stereocenters. The van der Waals surface area contributed by atoms with E-state index in [1.165, 1.54) is 0 Å². The van der Waals surface area contributed by atoms with Crippen LogP contribution < -0.4 is 16.0 Å². The van der Waals surface area contributed by atoms with Crippen LogP contribution in [0.15, 0.2) is 24.3 Å². The van der Waals surface area contributed by atoms with E-state index in [2.05, 4.69) is 16.0 Å². The van der Waals surface area contributed by atoms with Crippen molar-refractivity contribution in [3.8, 4) is 0 Å². The molecule has 1 saturated heterocycles. The minimum atomic E-state index is -0.692. The molecular formula is C14H15N3O3. The summed E-state index contributed by atoms with van der Waals surface area (Å²) in [6, 6.07) is 5.80. The van der Waals surface area contributed by atoms with Gasteiger partial charge in [0.15, 0.2) is 0 Å². The highest BCUT2D eigenvalue weighted by molar-refractivity contribution is 6.04. The highest BCUT2D eigenvalue weighted by Gasteiger charge is 2.31. The van der Waals surface area contributed by atoms with Gasteiger partial charge in [-0.15, -0.1) is 0 Å². The van der Waals surface area contributed by atoms with Gasteiger partial charge < -0.3 is 10.6 Å². The van der Waals surface area contributed by atoms with Crippen molar-refractivity contribution in [3.63, 3.8) is 0 Å². The predicted molar refractivity (Wildman–Crippen MR) is 71.8 cm³/mol. The molecule has 20 heavy (non-hydrogen) atoms. The third kappa shape index (κ3) is 2.36. The maximum atomic E-state index is 11.9. The zero-order valence-corrected chi connectivity index (χ0v) is 10.8. The fourth-order valence-corrected chi connectivity index (χ4v) is 2.36. The van der Waals surface area contributed by atoms with Crippen LogP contribution in [0.1, 0.15) is 30.9 Å². The zero-order chi connectivity index (χ0) is 14.1. The molecule has 1 unspecified atom stereocenters. The molecule has 1 aromatic rings. The second-order valence-corrected chi connectivity index (χ2v) is 5.14. The van der Waals surface area contributed by atoms with Gasteiger partial charge in [0.05, 0.1) is 0 Å². The number of hydrogen-bond donors (Lipinski definition) is 3. The van der Waals surface area contributed by atoms with Crippen LogP contribution in [0.3, 0.4) is 0 Å². The molecule has 4 amide bonds. The lowest BCUT2D eigenvalue weighted by Gasteiger charge is -2.24. The first kappa shape index (κ1) is 12.7. The third-order valence-electron chi connectivity index (χ3n) is 3.74. The van der Waals surface area contributed by atoms with Gasteiger partial charge in [0.2, 0.25) is 5.91 Å². The predicted octanol–water partition coefficient (Wildman–Crippen LogP) is 1.31.